The van der Waals surface area contributed by atoms with E-state index in [0.717, 1.165) is 18.8 Å². The molecule has 14 heavy (non-hydrogen) atoms. The predicted octanol–water partition coefficient (Wildman–Crippen LogP) is 2.01. The molecule has 3 heteroatoms. The molecule has 3 nitrogen and oxygen atoms in total. The lowest BCUT2D eigenvalue weighted by molar-refractivity contribution is 0.158. The molecule has 0 bridgehead atoms. The van der Waals surface area contributed by atoms with Crippen molar-refractivity contribution in [3.8, 4) is 6.07 Å². The first kappa shape index (κ1) is 10.6. The number of para-hydroxylation sites is 1. The fourth-order valence-electron chi connectivity index (χ4n) is 1.14. The highest BCUT2D eigenvalue weighted by molar-refractivity contribution is 5.56. The van der Waals surface area contributed by atoms with E-state index in [1.807, 2.05) is 25.1 Å². The quantitative estimate of drug-likeness (QED) is 0.722. The van der Waals surface area contributed by atoms with Gasteiger partial charge in [-0.1, -0.05) is 12.1 Å². The van der Waals surface area contributed by atoms with Crippen LogP contribution >= 0.6 is 0 Å². The Labute approximate surface area is 84.3 Å². The standard InChI is InChI=1S/C11H14N2O/c1-2-14-8-7-13-11-6-4-3-5-10(11)9-12/h3-6,13H,2,7-8H2,1H3. The van der Waals surface area contributed by atoms with Crippen LogP contribution in [0.2, 0.25) is 0 Å². The molecule has 0 fully saturated rings. The topological polar surface area (TPSA) is 45.0 Å². The fourth-order valence-corrected chi connectivity index (χ4v) is 1.14. The number of rotatable bonds is 5. The summed E-state index contributed by atoms with van der Waals surface area (Å²) in [6.07, 6.45) is 0. The van der Waals surface area contributed by atoms with Crippen LogP contribution < -0.4 is 5.32 Å². The van der Waals surface area contributed by atoms with Crippen LogP contribution in [-0.4, -0.2) is 19.8 Å². The molecule has 0 aliphatic heterocycles. The zero-order chi connectivity index (χ0) is 10.2. The van der Waals surface area contributed by atoms with Crippen LogP contribution in [0.5, 0.6) is 0 Å². The average molecular weight is 190 g/mol. The third-order valence-electron chi connectivity index (χ3n) is 1.81. The minimum Gasteiger partial charge on any atom is -0.382 e. The molecule has 74 valence electrons. The van der Waals surface area contributed by atoms with Crippen molar-refractivity contribution in [3.63, 3.8) is 0 Å². The van der Waals surface area contributed by atoms with Crippen molar-refractivity contribution >= 4 is 5.69 Å². The second-order valence-electron chi connectivity index (χ2n) is 2.78. The summed E-state index contributed by atoms with van der Waals surface area (Å²) in [7, 11) is 0. The minimum atomic E-state index is 0.663. The van der Waals surface area contributed by atoms with Gasteiger partial charge in [-0.05, 0) is 19.1 Å². The lowest BCUT2D eigenvalue weighted by Crippen LogP contribution is -2.09. The van der Waals surface area contributed by atoms with Gasteiger partial charge in [0.2, 0.25) is 0 Å². The van der Waals surface area contributed by atoms with Gasteiger partial charge in [0, 0.05) is 13.2 Å². The van der Waals surface area contributed by atoms with Gasteiger partial charge in [0.1, 0.15) is 6.07 Å². The molecule has 0 radical (unpaired) electrons. The number of nitriles is 1. The highest BCUT2D eigenvalue weighted by Gasteiger charge is 1.97. The Bertz CT molecular complexity index is 317. The summed E-state index contributed by atoms with van der Waals surface area (Å²) in [5, 5.41) is 12.0. The van der Waals surface area contributed by atoms with Crippen LogP contribution in [0.15, 0.2) is 24.3 Å². The van der Waals surface area contributed by atoms with E-state index < -0.39 is 0 Å². The monoisotopic (exact) mass is 190 g/mol. The summed E-state index contributed by atoms with van der Waals surface area (Å²) in [6.45, 7) is 4.08. The number of ether oxygens (including phenoxy) is 1. The molecular weight excluding hydrogens is 176 g/mol. The Morgan fingerprint density at radius 2 is 2.21 bits per heavy atom. The molecule has 1 aromatic carbocycles. The van der Waals surface area contributed by atoms with Crippen molar-refractivity contribution in [2.24, 2.45) is 0 Å². The number of hydrogen-bond acceptors (Lipinski definition) is 3. The molecule has 0 amide bonds. The molecule has 0 heterocycles. The highest BCUT2D eigenvalue weighted by Crippen LogP contribution is 2.12. The normalized spacial score (nSPS) is 9.43. The van der Waals surface area contributed by atoms with Crippen LogP contribution in [0.25, 0.3) is 0 Å². The predicted molar refractivity (Wildman–Crippen MR) is 56.1 cm³/mol. The molecule has 0 aromatic heterocycles. The van der Waals surface area contributed by atoms with Gasteiger partial charge in [0.25, 0.3) is 0 Å². The minimum absolute atomic E-state index is 0.663. The van der Waals surface area contributed by atoms with Gasteiger partial charge in [-0.3, -0.25) is 0 Å². The maximum absolute atomic E-state index is 8.80. The molecule has 0 saturated heterocycles. The zero-order valence-corrected chi connectivity index (χ0v) is 8.29. The Balaban J connectivity index is 2.46. The molecule has 0 saturated carbocycles. The maximum atomic E-state index is 8.80. The van der Waals surface area contributed by atoms with Crippen molar-refractivity contribution in [2.75, 3.05) is 25.1 Å². The fraction of sp³-hybridized carbons (Fsp3) is 0.364. The number of anilines is 1. The van der Waals surface area contributed by atoms with Crippen molar-refractivity contribution in [1.29, 1.82) is 5.26 Å². The molecule has 1 rings (SSSR count). The van der Waals surface area contributed by atoms with Crippen LogP contribution in [0, 0.1) is 11.3 Å². The van der Waals surface area contributed by atoms with E-state index in [1.165, 1.54) is 0 Å². The second kappa shape index (κ2) is 6.01. The largest absolute Gasteiger partial charge is 0.382 e. The molecule has 0 aliphatic carbocycles. The van der Waals surface area contributed by atoms with Gasteiger partial charge in [0.15, 0.2) is 0 Å². The van der Waals surface area contributed by atoms with Crippen molar-refractivity contribution in [2.45, 2.75) is 6.92 Å². The molecule has 0 atom stereocenters. The summed E-state index contributed by atoms with van der Waals surface area (Å²) >= 11 is 0. The zero-order valence-electron chi connectivity index (χ0n) is 8.29. The number of nitrogens with one attached hydrogen (secondary N) is 1. The SMILES string of the molecule is CCOCCNc1ccccc1C#N. The highest BCUT2D eigenvalue weighted by atomic mass is 16.5. The first-order chi connectivity index (χ1) is 6.88. The molecule has 1 N–H and O–H groups in total. The van der Waals surface area contributed by atoms with E-state index in [-0.39, 0.29) is 0 Å². The summed E-state index contributed by atoms with van der Waals surface area (Å²) < 4.78 is 5.18. The van der Waals surface area contributed by atoms with Gasteiger partial charge in [0.05, 0.1) is 17.9 Å². The summed E-state index contributed by atoms with van der Waals surface area (Å²) in [6, 6.07) is 9.58. The van der Waals surface area contributed by atoms with Crippen molar-refractivity contribution < 1.29 is 4.74 Å². The number of nitrogens with zero attached hydrogens (tertiary/aromatic N) is 1. The first-order valence-corrected chi connectivity index (χ1v) is 4.69. The maximum Gasteiger partial charge on any atom is 0.101 e. The van der Waals surface area contributed by atoms with Crippen molar-refractivity contribution in [3.05, 3.63) is 29.8 Å². The molecule has 0 unspecified atom stereocenters. The van der Waals surface area contributed by atoms with Crippen LogP contribution in [0.3, 0.4) is 0 Å². The van der Waals surface area contributed by atoms with Gasteiger partial charge < -0.3 is 10.1 Å². The van der Waals surface area contributed by atoms with E-state index >= 15 is 0 Å². The molecular formula is C11H14N2O. The van der Waals surface area contributed by atoms with Gasteiger partial charge in [-0.2, -0.15) is 5.26 Å². The molecule has 0 spiro atoms. The van der Waals surface area contributed by atoms with Crippen molar-refractivity contribution in [1.82, 2.24) is 0 Å². The third kappa shape index (κ3) is 3.08. The number of benzene rings is 1. The van der Waals surface area contributed by atoms with Gasteiger partial charge in [-0.25, -0.2) is 0 Å². The van der Waals surface area contributed by atoms with Crippen LogP contribution in [0.4, 0.5) is 5.69 Å². The Kier molecular flexibility index (Phi) is 4.53. The van der Waals surface area contributed by atoms with Crippen LogP contribution in [-0.2, 0) is 4.74 Å². The first-order valence-electron chi connectivity index (χ1n) is 4.69. The smallest absolute Gasteiger partial charge is 0.101 e. The summed E-state index contributed by atoms with van der Waals surface area (Å²) in [5.74, 6) is 0. The average Bonchev–Trinajstić information content (AvgIpc) is 2.25. The Morgan fingerprint density at radius 1 is 1.43 bits per heavy atom. The third-order valence-corrected chi connectivity index (χ3v) is 1.81. The van der Waals surface area contributed by atoms with E-state index in [2.05, 4.69) is 11.4 Å². The lowest BCUT2D eigenvalue weighted by Gasteiger charge is -2.07. The summed E-state index contributed by atoms with van der Waals surface area (Å²) in [4.78, 5) is 0. The van der Waals surface area contributed by atoms with Gasteiger partial charge in [-0.15, -0.1) is 0 Å². The number of hydrogen-bond donors (Lipinski definition) is 1. The van der Waals surface area contributed by atoms with E-state index in [9.17, 15) is 0 Å². The van der Waals surface area contributed by atoms with E-state index in [0.29, 0.717) is 12.2 Å². The second-order valence-corrected chi connectivity index (χ2v) is 2.78. The van der Waals surface area contributed by atoms with E-state index in [4.69, 9.17) is 10.00 Å². The molecule has 1 aromatic rings. The van der Waals surface area contributed by atoms with Gasteiger partial charge >= 0.3 is 0 Å². The Morgan fingerprint density at radius 3 is 2.93 bits per heavy atom. The lowest BCUT2D eigenvalue weighted by atomic mass is 10.2. The van der Waals surface area contributed by atoms with Crippen LogP contribution in [0.1, 0.15) is 12.5 Å². The summed E-state index contributed by atoms with van der Waals surface area (Å²) in [5.41, 5.74) is 1.54. The van der Waals surface area contributed by atoms with E-state index in [1.54, 1.807) is 6.07 Å². The Hall–Kier alpha value is -1.53. The molecule has 0 aliphatic rings.